The van der Waals surface area contributed by atoms with Gasteiger partial charge in [-0.2, -0.15) is 0 Å². The van der Waals surface area contributed by atoms with Crippen LogP contribution in [-0.4, -0.2) is 37.0 Å². The topological polar surface area (TPSA) is 119 Å². The standard InChI is InChI=1S/C20H19N3O4S/c21-19(24)18(11-13-28(26,27)14-6-2-1-3-7-14)23-20(25)16-10-12-22-17-9-5-4-8-15(16)17/h1-10,12,18H,11,13H2,(H2,21,24)(H,23,25)/t18-/m0/s1. The first-order valence-corrected chi connectivity index (χ1v) is 10.3. The van der Waals surface area contributed by atoms with E-state index >= 15 is 0 Å². The number of carbonyl (C=O) groups is 2. The number of rotatable bonds is 7. The van der Waals surface area contributed by atoms with Gasteiger partial charge in [-0.3, -0.25) is 14.6 Å². The van der Waals surface area contributed by atoms with Gasteiger partial charge in [-0.25, -0.2) is 8.42 Å². The molecule has 0 spiro atoms. The highest BCUT2D eigenvalue weighted by atomic mass is 32.2. The first-order valence-electron chi connectivity index (χ1n) is 8.60. The molecule has 3 N–H and O–H groups in total. The lowest BCUT2D eigenvalue weighted by Crippen LogP contribution is -2.45. The summed E-state index contributed by atoms with van der Waals surface area (Å²) in [5.41, 5.74) is 6.36. The Hall–Kier alpha value is -3.26. The Morgan fingerprint density at radius 3 is 2.39 bits per heavy atom. The molecule has 2 amide bonds. The van der Waals surface area contributed by atoms with Crippen LogP contribution in [0.3, 0.4) is 0 Å². The summed E-state index contributed by atoms with van der Waals surface area (Å²) in [7, 11) is -3.59. The number of nitrogens with one attached hydrogen (secondary N) is 1. The Morgan fingerprint density at radius 1 is 1.00 bits per heavy atom. The van der Waals surface area contributed by atoms with Crippen molar-refractivity contribution in [3.05, 3.63) is 72.4 Å². The maximum atomic E-state index is 12.7. The van der Waals surface area contributed by atoms with Gasteiger partial charge in [0.05, 0.1) is 21.7 Å². The van der Waals surface area contributed by atoms with Gasteiger partial charge in [0.1, 0.15) is 6.04 Å². The van der Waals surface area contributed by atoms with E-state index in [0.717, 1.165) is 0 Å². The largest absolute Gasteiger partial charge is 0.368 e. The van der Waals surface area contributed by atoms with Crippen molar-refractivity contribution >= 4 is 32.6 Å². The predicted octanol–water partition coefficient (Wildman–Crippen LogP) is 1.68. The molecule has 0 fully saturated rings. The number of primary amides is 1. The Morgan fingerprint density at radius 2 is 1.68 bits per heavy atom. The van der Waals surface area contributed by atoms with Gasteiger partial charge < -0.3 is 11.1 Å². The average molecular weight is 397 g/mol. The van der Waals surface area contributed by atoms with Gasteiger partial charge >= 0.3 is 0 Å². The molecule has 0 aliphatic rings. The number of hydrogen-bond donors (Lipinski definition) is 2. The van der Waals surface area contributed by atoms with Gasteiger partial charge in [-0.05, 0) is 30.7 Å². The second kappa shape index (κ2) is 8.18. The summed E-state index contributed by atoms with van der Waals surface area (Å²) in [5.74, 6) is -1.63. The minimum atomic E-state index is -3.59. The molecule has 1 aromatic heterocycles. The molecule has 0 bridgehead atoms. The molecule has 3 rings (SSSR count). The maximum absolute atomic E-state index is 12.7. The van der Waals surface area contributed by atoms with Crippen LogP contribution in [0.1, 0.15) is 16.8 Å². The first kappa shape index (κ1) is 19.5. The summed E-state index contributed by atoms with van der Waals surface area (Å²) >= 11 is 0. The van der Waals surface area contributed by atoms with Crippen LogP contribution in [0.2, 0.25) is 0 Å². The van der Waals surface area contributed by atoms with E-state index in [1.807, 2.05) is 0 Å². The number of pyridine rings is 1. The Labute approximate surface area is 162 Å². The van der Waals surface area contributed by atoms with Crippen LogP contribution in [0, 0.1) is 0 Å². The molecule has 1 heterocycles. The summed E-state index contributed by atoms with van der Waals surface area (Å²) in [6.45, 7) is 0. The zero-order chi connectivity index (χ0) is 20.1. The number of sulfone groups is 1. The lowest BCUT2D eigenvalue weighted by atomic mass is 10.1. The van der Waals surface area contributed by atoms with Gasteiger partial charge in [-0.1, -0.05) is 36.4 Å². The normalized spacial score (nSPS) is 12.4. The lowest BCUT2D eigenvalue weighted by Gasteiger charge is -2.16. The fourth-order valence-corrected chi connectivity index (χ4v) is 4.19. The van der Waals surface area contributed by atoms with Crippen molar-refractivity contribution in [2.45, 2.75) is 17.4 Å². The molecular weight excluding hydrogens is 378 g/mol. The van der Waals surface area contributed by atoms with Gasteiger partial charge in [0, 0.05) is 11.6 Å². The van der Waals surface area contributed by atoms with Crippen LogP contribution in [0.4, 0.5) is 0 Å². The minimum absolute atomic E-state index is 0.124. The number of benzene rings is 2. The fourth-order valence-electron chi connectivity index (χ4n) is 2.83. The van der Waals surface area contributed by atoms with Crippen molar-refractivity contribution in [2.24, 2.45) is 5.73 Å². The van der Waals surface area contributed by atoms with E-state index in [-0.39, 0.29) is 17.1 Å². The fraction of sp³-hybridized carbons (Fsp3) is 0.150. The number of fused-ring (bicyclic) bond motifs is 1. The number of nitrogens with two attached hydrogens (primary N) is 1. The predicted molar refractivity (Wildman–Crippen MR) is 105 cm³/mol. The van der Waals surface area contributed by atoms with Gasteiger partial charge in [0.15, 0.2) is 9.84 Å². The molecule has 8 heteroatoms. The smallest absolute Gasteiger partial charge is 0.252 e. The molecule has 0 saturated heterocycles. The van der Waals surface area contributed by atoms with E-state index in [4.69, 9.17) is 5.73 Å². The molecule has 1 atom stereocenters. The molecule has 3 aromatic rings. The molecule has 7 nitrogen and oxygen atoms in total. The molecule has 2 aromatic carbocycles. The lowest BCUT2D eigenvalue weighted by molar-refractivity contribution is -0.119. The van der Waals surface area contributed by atoms with Crippen LogP contribution in [0.25, 0.3) is 10.9 Å². The first-order chi connectivity index (χ1) is 13.4. The minimum Gasteiger partial charge on any atom is -0.368 e. The molecule has 0 unspecified atom stereocenters. The van der Waals surface area contributed by atoms with Crippen LogP contribution in [-0.2, 0) is 14.6 Å². The van der Waals surface area contributed by atoms with E-state index in [0.29, 0.717) is 16.5 Å². The molecule has 0 aliphatic heterocycles. The Balaban J connectivity index is 1.76. The van der Waals surface area contributed by atoms with Crippen LogP contribution >= 0.6 is 0 Å². The average Bonchev–Trinajstić information content (AvgIpc) is 2.71. The number of amides is 2. The number of nitrogens with zero attached hydrogens (tertiary/aromatic N) is 1. The second-order valence-corrected chi connectivity index (χ2v) is 8.33. The molecule has 0 radical (unpaired) electrons. The van der Waals surface area contributed by atoms with Crippen molar-refractivity contribution in [3.8, 4) is 0 Å². The van der Waals surface area contributed by atoms with E-state index in [2.05, 4.69) is 10.3 Å². The summed E-state index contributed by atoms with van der Waals surface area (Å²) in [6, 6.07) is 15.4. The van der Waals surface area contributed by atoms with E-state index in [9.17, 15) is 18.0 Å². The molecular formula is C20H19N3O4S. The molecule has 28 heavy (non-hydrogen) atoms. The van der Waals surface area contributed by atoms with E-state index in [1.54, 1.807) is 42.5 Å². The van der Waals surface area contributed by atoms with Crippen LogP contribution in [0.5, 0.6) is 0 Å². The maximum Gasteiger partial charge on any atom is 0.252 e. The monoisotopic (exact) mass is 397 g/mol. The van der Waals surface area contributed by atoms with Gasteiger partial charge in [0.25, 0.3) is 5.91 Å². The SMILES string of the molecule is NC(=O)[C@H](CCS(=O)(=O)c1ccccc1)NC(=O)c1ccnc2ccccc12. The number of hydrogen-bond acceptors (Lipinski definition) is 5. The van der Waals surface area contributed by atoms with Gasteiger partial charge in [0.2, 0.25) is 5.91 Å². The molecule has 0 aliphatic carbocycles. The third-order valence-electron chi connectivity index (χ3n) is 4.32. The van der Waals surface area contributed by atoms with Gasteiger partial charge in [-0.15, -0.1) is 0 Å². The van der Waals surface area contributed by atoms with Crippen molar-refractivity contribution in [1.82, 2.24) is 10.3 Å². The van der Waals surface area contributed by atoms with Crippen LogP contribution < -0.4 is 11.1 Å². The number of para-hydroxylation sites is 1. The van der Waals surface area contributed by atoms with Crippen molar-refractivity contribution < 1.29 is 18.0 Å². The Bertz CT molecular complexity index is 1110. The zero-order valence-corrected chi connectivity index (χ0v) is 15.7. The number of aromatic nitrogens is 1. The quantitative estimate of drug-likeness (QED) is 0.629. The third-order valence-corrected chi connectivity index (χ3v) is 6.08. The summed E-state index contributed by atoms with van der Waals surface area (Å²) in [4.78, 5) is 28.8. The van der Waals surface area contributed by atoms with E-state index < -0.39 is 27.7 Å². The van der Waals surface area contributed by atoms with Crippen LogP contribution in [0.15, 0.2) is 71.8 Å². The number of carbonyl (C=O) groups excluding carboxylic acids is 2. The van der Waals surface area contributed by atoms with Crippen molar-refractivity contribution in [2.75, 3.05) is 5.75 Å². The highest BCUT2D eigenvalue weighted by Gasteiger charge is 2.24. The van der Waals surface area contributed by atoms with Crippen molar-refractivity contribution in [3.63, 3.8) is 0 Å². The Kier molecular flexibility index (Phi) is 5.70. The highest BCUT2D eigenvalue weighted by Crippen LogP contribution is 2.17. The highest BCUT2D eigenvalue weighted by molar-refractivity contribution is 7.91. The second-order valence-electron chi connectivity index (χ2n) is 6.22. The third kappa shape index (κ3) is 4.34. The van der Waals surface area contributed by atoms with E-state index in [1.165, 1.54) is 24.4 Å². The molecule has 0 saturated carbocycles. The summed E-state index contributed by atoms with van der Waals surface area (Å²) in [5, 5.41) is 3.17. The molecule has 144 valence electrons. The van der Waals surface area contributed by atoms with Crippen molar-refractivity contribution in [1.29, 1.82) is 0 Å². The zero-order valence-electron chi connectivity index (χ0n) is 14.9. The summed E-state index contributed by atoms with van der Waals surface area (Å²) < 4.78 is 24.8. The summed E-state index contributed by atoms with van der Waals surface area (Å²) in [6.07, 6.45) is 1.37.